The van der Waals surface area contributed by atoms with E-state index in [2.05, 4.69) is 20.3 Å². The molecular weight excluding hydrogens is 385 g/mol. The summed E-state index contributed by atoms with van der Waals surface area (Å²) in [6.07, 6.45) is 0.916. The van der Waals surface area contributed by atoms with Crippen LogP contribution in [0.4, 0.5) is 13.2 Å². The molecule has 0 radical (unpaired) electrons. The highest BCUT2D eigenvalue weighted by Gasteiger charge is 2.31. The number of allylic oxidation sites excluding steroid dienone is 1. The number of imidazole rings is 1. The number of alkyl halides is 3. The number of amidine groups is 1. The van der Waals surface area contributed by atoms with Gasteiger partial charge in [0.1, 0.15) is 11.5 Å². The van der Waals surface area contributed by atoms with Crippen molar-refractivity contribution < 1.29 is 18.0 Å². The highest BCUT2D eigenvalue weighted by Crippen LogP contribution is 2.23. The number of rotatable bonds is 3. The number of amides is 1. The number of halogens is 3. The van der Waals surface area contributed by atoms with E-state index < -0.39 is 17.8 Å². The minimum Gasteiger partial charge on any atom is -0.395 e. The van der Waals surface area contributed by atoms with Crippen LogP contribution in [-0.4, -0.2) is 39.5 Å². The van der Waals surface area contributed by atoms with E-state index in [-0.39, 0.29) is 11.4 Å². The summed E-state index contributed by atoms with van der Waals surface area (Å²) in [5.74, 6) is -0.930. The van der Waals surface area contributed by atoms with Gasteiger partial charge in [0.15, 0.2) is 0 Å². The van der Waals surface area contributed by atoms with Gasteiger partial charge in [-0.25, -0.2) is 4.98 Å². The molecule has 0 fully saturated rings. The molecule has 0 atom stereocenters. The zero-order chi connectivity index (χ0) is 21.2. The van der Waals surface area contributed by atoms with Crippen LogP contribution in [0.5, 0.6) is 0 Å². The van der Waals surface area contributed by atoms with Crippen LogP contribution in [0.1, 0.15) is 10.4 Å². The second-order valence-electron chi connectivity index (χ2n) is 6.18. The predicted octanol–water partition coefficient (Wildman–Crippen LogP) is 2.80. The lowest BCUT2D eigenvalue weighted by Gasteiger charge is -2.09. The number of pyridine rings is 1. The smallest absolute Gasteiger partial charge is 0.395 e. The highest BCUT2D eigenvalue weighted by atomic mass is 19.4. The molecule has 1 aromatic carbocycles. The summed E-state index contributed by atoms with van der Waals surface area (Å²) in [6.45, 7) is 0. The molecular formula is C19H17F3N6O. The summed E-state index contributed by atoms with van der Waals surface area (Å²) >= 11 is 0. The Hall–Kier alpha value is -3.69. The van der Waals surface area contributed by atoms with Crippen LogP contribution in [0.3, 0.4) is 0 Å². The molecule has 29 heavy (non-hydrogen) atoms. The summed E-state index contributed by atoms with van der Waals surface area (Å²) < 4.78 is 39.6. The monoisotopic (exact) mass is 402 g/mol. The second kappa shape index (κ2) is 7.74. The van der Waals surface area contributed by atoms with Crippen LogP contribution in [0.2, 0.25) is 0 Å². The van der Waals surface area contributed by atoms with Crippen LogP contribution in [-0.2, 0) is 7.05 Å². The van der Waals surface area contributed by atoms with Gasteiger partial charge in [-0.1, -0.05) is 6.07 Å². The first-order valence-electron chi connectivity index (χ1n) is 8.38. The maximum absolute atomic E-state index is 12.6. The zero-order valence-electron chi connectivity index (χ0n) is 15.5. The Labute approximate surface area is 163 Å². The first-order valence-corrected chi connectivity index (χ1v) is 8.38. The fourth-order valence-corrected chi connectivity index (χ4v) is 2.61. The van der Waals surface area contributed by atoms with Crippen molar-refractivity contribution in [3.05, 3.63) is 60.3 Å². The summed E-state index contributed by atoms with van der Waals surface area (Å²) in [6, 6.07) is 6.71. The maximum atomic E-state index is 12.6. The normalized spacial score (nSPS) is 13.0. The first-order chi connectivity index (χ1) is 13.7. The Balaban J connectivity index is 1.84. The van der Waals surface area contributed by atoms with Crippen molar-refractivity contribution in [3.63, 3.8) is 0 Å². The van der Waals surface area contributed by atoms with Crippen molar-refractivity contribution in [1.29, 1.82) is 0 Å². The van der Waals surface area contributed by atoms with Crippen LogP contribution in [0, 0.1) is 0 Å². The maximum Gasteiger partial charge on any atom is 0.430 e. The SMILES string of the molecule is CN=C(C=C(N)C(F)(F)F)NC(=O)c1ccc2cc(-c3cncn3C)cnc2c1. The minimum atomic E-state index is -4.71. The van der Waals surface area contributed by atoms with Crippen molar-refractivity contribution in [3.8, 4) is 11.3 Å². The zero-order valence-corrected chi connectivity index (χ0v) is 15.5. The molecule has 0 saturated heterocycles. The fourth-order valence-electron chi connectivity index (χ4n) is 2.61. The molecule has 2 aromatic heterocycles. The number of aliphatic imine (C=N–C) groups is 1. The van der Waals surface area contributed by atoms with E-state index in [1.54, 1.807) is 36.9 Å². The van der Waals surface area contributed by atoms with E-state index in [0.29, 0.717) is 11.6 Å². The summed E-state index contributed by atoms with van der Waals surface area (Å²) in [4.78, 5) is 24.5. The number of carbonyl (C=O) groups is 1. The van der Waals surface area contributed by atoms with Gasteiger partial charge in [-0.05, 0) is 18.2 Å². The molecule has 0 aliphatic carbocycles. The van der Waals surface area contributed by atoms with Gasteiger partial charge < -0.3 is 15.6 Å². The van der Waals surface area contributed by atoms with Crippen LogP contribution in [0.15, 0.2) is 59.8 Å². The molecule has 3 rings (SSSR count). The Morgan fingerprint density at radius 3 is 2.66 bits per heavy atom. The predicted molar refractivity (Wildman–Crippen MR) is 103 cm³/mol. The molecule has 7 nitrogen and oxygen atoms in total. The Kier molecular flexibility index (Phi) is 5.35. The van der Waals surface area contributed by atoms with Gasteiger partial charge in [0.05, 0.1) is 23.7 Å². The van der Waals surface area contributed by atoms with Crippen molar-refractivity contribution in [2.45, 2.75) is 6.18 Å². The van der Waals surface area contributed by atoms with Crippen molar-refractivity contribution >= 4 is 22.6 Å². The number of nitrogens with zero attached hydrogens (tertiary/aromatic N) is 4. The van der Waals surface area contributed by atoms with Gasteiger partial charge in [-0.2, -0.15) is 13.2 Å². The number of hydrogen-bond donors (Lipinski definition) is 2. The lowest BCUT2D eigenvalue weighted by atomic mass is 10.1. The number of carbonyl (C=O) groups excluding carboxylic acids is 1. The van der Waals surface area contributed by atoms with Crippen LogP contribution in [0.25, 0.3) is 22.2 Å². The average molecular weight is 402 g/mol. The second-order valence-corrected chi connectivity index (χ2v) is 6.18. The molecule has 0 spiro atoms. The third-order valence-electron chi connectivity index (χ3n) is 4.16. The van der Waals surface area contributed by atoms with Crippen LogP contribution >= 0.6 is 0 Å². The Bertz CT molecular complexity index is 1130. The van der Waals surface area contributed by atoms with Crippen molar-refractivity contribution in [2.75, 3.05) is 7.05 Å². The summed E-state index contributed by atoms with van der Waals surface area (Å²) in [5.41, 5.74) is 6.14. The van der Waals surface area contributed by atoms with E-state index >= 15 is 0 Å². The third-order valence-corrected chi connectivity index (χ3v) is 4.16. The van der Waals surface area contributed by atoms with E-state index in [1.807, 2.05) is 17.7 Å². The number of aromatic nitrogens is 3. The first kappa shape index (κ1) is 20.1. The molecule has 1 amide bonds. The quantitative estimate of drug-likeness (QED) is 0.520. The number of hydrogen-bond acceptors (Lipinski definition) is 5. The van der Waals surface area contributed by atoms with Crippen molar-refractivity contribution in [2.24, 2.45) is 17.8 Å². The molecule has 3 N–H and O–H groups in total. The molecule has 0 unspecified atom stereocenters. The van der Waals surface area contributed by atoms with E-state index in [9.17, 15) is 18.0 Å². The lowest BCUT2D eigenvalue weighted by molar-refractivity contribution is -0.0925. The third kappa shape index (κ3) is 4.42. The lowest BCUT2D eigenvalue weighted by Crippen LogP contribution is -2.31. The van der Waals surface area contributed by atoms with Crippen LogP contribution < -0.4 is 11.1 Å². The minimum absolute atomic E-state index is 0.221. The Morgan fingerprint density at radius 1 is 1.28 bits per heavy atom. The fraction of sp³-hybridized carbons (Fsp3) is 0.158. The number of nitrogens with one attached hydrogen (secondary N) is 1. The van der Waals surface area contributed by atoms with Gasteiger partial charge in [0.25, 0.3) is 5.91 Å². The Morgan fingerprint density at radius 2 is 2.03 bits per heavy atom. The molecule has 0 aliphatic rings. The van der Waals surface area contributed by atoms with Gasteiger partial charge >= 0.3 is 6.18 Å². The topological polar surface area (TPSA) is 98.2 Å². The van der Waals surface area contributed by atoms with Gasteiger partial charge in [-0.15, -0.1) is 0 Å². The number of fused-ring (bicyclic) bond motifs is 1. The van der Waals surface area contributed by atoms with Crippen molar-refractivity contribution in [1.82, 2.24) is 19.9 Å². The number of aryl methyl sites for hydroxylation is 1. The molecule has 10 heteroatoms. The molecule has 0 aliphatic heterocycles. The van der Waals surface area contributed by atoms with E-state index in [4.69, 9.17) is 5.73 Å². The number of benzene rings is 1. The highest BCUT2D eigenvalue weighted by molar-refractivity contribution is 6.11. The summed E-state index contributed by atoms with van der Waals surface area (Å²) in [5, 5.41) is 3.10. The molecule has 150 valence electrons. The van der Waals surface area contributed by atoms with E-state index in [1.165, 1.54) is 7.05 Å². The largest absolute Gasteiger partial charge is 0.430 e. The standard InChI is InChI=1S/C19H17F3N6O/c1-24-17(7-16(23)19(20,21)22)27-18(29)12-4-3-11-5-13(8-26-14(11)6-12)15-9-25-10-28(15)2/h3-10H,23H2,1-2H3,(H,24,27,29). The average Bonchev–Trinajstić information content (AvgIpc) is 3.11. The molecule has 3 aromatic rings. The molecule has 0 saturated carbocycles. The van der Waals surface area contributed by atoms with Gasteiger partial charge in [0, 0.05) is 42.9 Å². The van der Waals surface area contributed by atoms with Gasteiger partial charge in [0.2, 0.25) is 0 Å². The van der Waals surface area contributed by atoms with Gasteiger partial charge in [-0.3, -0.25) is 14.8 Å². The number of nitrogens with two attached hydrogens (primary N) is 1. The molecule has 0 bridgehead atoms. The van der Waals surface area contributed by atoms with E-state index in [0.717, 1.165) is 16.6 Å². The summed E-state index contributed by atoms with van der Waals surface area (Å²) in [7, 11) is 3.12. The molecule has 2 heterocycles.